The van der Waals surface area contributed by atoms with E-state index in [0.717, 1.165) is 11.3 Å². The topological polar surface area (TPSA) is 69.1 Å². The van der Waals surface area contributed by atoms with E-state index in [0.29, 0.717) is 16.5 Å². The molecule has 2 aromatic heterocycles. The van der Waals surface area contributed by atoms with Crippen molar-refractivity contribution in [2.24, 2.45) is 0 Å². The highest BCUT2D eigenvalue weighted by Gasteiger charge is 2.11. The molecule has 6 heteroatoms. The number of halogens is 1. The lowest BCUT2D eigenvalue weighted by atomic mass is 10.2. The predicted molar refractivity (Wildman–Crippen MR) is 65.6 cm³/mol. The Morgan fingerprint density at radius 3 is 2.82 bits per heavy atom. The van der Waals surface area contributed by atoms with Gasteiger partial charge in [-0.25, -0.2) is 14.5 Å². The Bertz CT molecular complexity index is 691. The summed E-state index contributed by atoms with van der Waals surface area (Å²) in [5.74, 6) is 0.346. The van der Waals surface area contributed by atoms with Gasteiger partial charge in [-0.05, 0) is 6.07 Å². The first-order valence-corrected chi connectivity index (χ1v) is 5.34. The molecule has 5 nitrogen and oxygen atoms in total. The molecular weight excluding hydrogens is 238 g/mol. The van der Waals surface area contributed by atoms with E-state index < -0.39 is 0 Å². The Balaban J connectivity index is 2.33. The van der Waals surface area contributed by atoms with Crippen molar-refractivity contribution >= 4 is 23.1 Å². The van der Waals surface area contributed by atoms with E-state index in [-0.39, 0.29) is 0 Å². The van der Waals surface area contributed by atoms with Crippen LogP contribution in [-0.2, 0) is 0 Å². The van der Waals surface area contributed by atoms with Crippen LogP contribution in [-0.4, -0.2) is 19.6 Å². The van der Waals surface area contributed by atoms with Gasteiger partial charge in [-0.1, -0.05) is 29.8 Å². The third-order valence-corrected chi connectivity index (χ3v) is 2.81. The lowest BCUT2D eigenvalue weighted by Crippen LogP contribution is -2.00. The molecule has 0 saturated carbocycles. The predicted octanol–water partition coefficient (Wildman–Crippen LogP) is 2.03. The molecule has 2 N–H and O–H groups in total. The maximum absolute atomic E-state index is 6.14. The number of nitrogen functional groups attached to an aromatic ring is 1. The number of aromatic nitrogens is 4. The minimum Gasteiger partial charge on any atom is -0.381 e. The van der Waals surface area contributed by atoms with Gasteiger partial charge in [0.25, 0.3) is 0 Å². The average molecular weight is 246 g/mol. The molecule has 2 heterocycles. The van der Waals surface area contributed by atoms with Gasteiger partial charge in [0.2, 0.25) is 0 Å². The van der Waals surface area contributed by atoms with E-state index in [4.69, 9.17) is 17.3 Å². The van der Waals surface area contributed by atoms with Gasteiger partial charge in [0.15, 0.2) is 11.5 Å². The van der Waals surface area contributed by atoms with Crippen LogP contribution in [0, 0.1) is 0 Å². The highest BCUT2D eigenvalue weighted by Crippen LogP contribution is 2.27. The number of hydrogen-bond donors (Lipinski definition) is 1. The summed E-state index contributed by atoms with van der Waals surface area (Å²) in [5.41, 5.74) is 7.90. The van der Waals surface area contributed by atoms with Crippen molar-refractivity contribution in [2.75, 3.05) is 5.73 Å². The van der Waals surface area contributed by atoms with Crippen molar-refractivity contribution < 1.29 is 0 Å². The van der Waals surface area contributed by atoms with E-state index >= 15 is 0 Å². The van der Waals surface area contributed by atoms with Crippen molar-refractivity contribution in [3.63, 3.8) is 0 Å². The van der Waals surface area contributed by atoms with Crippen molar-refractivity contribution in [3.8, 4) is 11.3 Å². The molecule has 0 unspecified atom stereocenters. The summed E-state index contributed by atoms with van der Waals surface area (Å²) in [4.78, 5) is 8.08. The molecule has 0 aliphatic heterocycles. The molecular formula is C11H8ClN5. The molecule has 0 radical (unpaired) electrons. The number of nitrogens with zero attached hydrogens (tertiary/aromatic N) is 4. The number of nitrogens with two attached hydrogens (primary N) is 1. The van der Waals surface area contributed by atoms with Crippen LogP contribution in [0.2, 0.25) is 5.02 Å². The molecule has 0 saturated heterocycles. The normalized spacial score (nSPS) is 10.9. The van der Waals surface area contributed by atoms with E-state index in [1.54, 1.807) is 10.7 Å². The molecule has 0 aliphatic carbocycles. The minimum atomic E-state index is 0.346. The van der Waals surface area contributed by atoms with Crippen LogP contribution in [0.4, 0.5) is 5.82 Å². The summed E-state index contributed by atoms with van der Waals surface area (Å²) >= 11 is 6.14. The summed E-state index contributed by atoms with van der Waals surface area (Å²) < 4.78 is 1.63. The molecule has 3 rings (SSSR count). The summed E-state index contributed by atoms with van der Waals surface area (Å²) in [7, 11) is 0. The van der Waals surface area contributed by atoms with Gasteiger partial charge >= 0.3 is 0 Å². The van der Waals surface area contributed by atoms with Gasteiger partial charge in [-0.15, -0.1) is 0 Å². The number of benzene rings is 1. The van der Waals surface area contributed by atoms with Crippen LogP contribution >= 0.6 is 11.6 Å². The van der Waals surface area contributed by atoms with Gasteiger partial charge in [-0.3, -0.25) is 0 Å². The van der Waals surface area contributed by atoms with Crippen LogP contribution in [0.3, 0.4) is 0 Å². The van der Waals surface area contributed by atoms with Gasteiger partial charge in [0.1, 0.15) is 6.33 Å². The Kier molecular flexibility index (Phi) is 2.19. The summed E-state index contributed by atoms with van der Waals surface area (Å²) in [6.07, 6.45) is 3.08. The monoisotopic (exact) mass is 245 g/mol. The van der Waals surface area contributed by atoms with Crippen molar-refractivity contribution in [1.82, 2.24) is 19.6 Å². The summed E-state index contributed by atoms with van der Waals surface area (Å²) in [5, 5.41) is 4.77. The summed E-state index contributed by atoms with van der Waals surface area (Å²) in [6.45, 7) is 0. The van der Waals surface area contributed by atoms with Gasteiger partial charge in [0, 0.05) is 5.56 Å². The third-order valence-electron chi connectivity index (χ3n) is 2.48. The fourth-order valence-corrected chi connectivity index (χ4v) is 1.92. The molecule has 0 atom stereocenters. The fourth-order valence-electron chi connectivity index (χ4n) is 1.69. The van der Waals surface area contributed by atoms with Crippen LogP contribution in [0.1, 0.15) is 0 Å². The minimum absolute atomic E-state index is 0.346. The quantitative estimate of drug-likeness (QED) is 0.712. The number of fused-ring (bicyclic) bond motifs is 1. The molecule has 0 amide bonds. The SMILES string of the molecule is Nc1ncnn2c(-c3ccccc3Cl)cnc12. The van der Waals surface area contributed by atoms with Crippen LogP contribution < -0.4 is 5.73 Å². The molecule has 0 bridgehead atoms. The highest BCUT2D eigenvalue weighted by atomic mass is 35.5. The van der Waals surface area contributed by atoms with E-state index in [1.165, 1.54) is 6.33 Å². The first-order valence-electron chi connectivity index (χ1n) is 4.96. The maximum atomic E-state index is 6.14. The average Bonchev–Trinajstić information content (AvgIpc) is 2.75. The maximum Gasteiger partial charge on any atom is 0.197 e. The largest absolute Gasteiger partial charge is 0.381 e. The first-order chi connectivity index (χ1) is 8.27. The number of anilines is 1. The van der Waals surface area contributed by atoms with Crippen LogP contribution in [0.25, 0.3) is 16.9 Å². The van der Waals surface area contributed by atoms with Gasteiger partial charge < -0.3 is 5.73 Å². The number of imidazole rings is 1. The molecule has 84 valence electrons. The van der Waals surface area contributed by atoms with Crippen molar-refractivity contribution in [1.29, 1.82) is 0 Å². The second-order valence-corrected chi connectivity index (χ2v) is 3.91. The molecule has 17 heavy (non-hydrogen) atoms. The lowest BCUT2D eigenvalue weighted by Gasteiger charge is -2.03. The van der Waals surface area contributed by atoms with Gasteiger partial charge in [0.05, 0.1) is 16.9 Å². The van der Waals surface area contributed by atoms with E-state index in [2.05, 4.69) is 15.1 Å². The van der Waals surface area contributed by atoms with Crippen molar-refractivity contribution in [3.05, 3.63) is 41.8 Å². The molecule has 3 aromatic rings. The Hall–Kier alpha value is -2.14. The van der Waals surface area contributed by atoms with Crippen molar-refractivity contribution in [2.45, 2.75) is 0 Å². The van der Waals surface area contributed by atoms with Crippen LogP contribution in [0.15, 0.2) is 36.8 Å². The zero-order chi connectivity index (χ0) is 11.8. The Labute approximate surface area is 102 Å². The second-order valence-electron chi connectivity index (χ2n) is 3.50. The smallest absolute Gasteiger partial charge is 0.197 e. The second kappa shape index (κ2) is 3.71. The van der Waals surface area contributed by atoms with Crippen LogP contribution in [0.5, 0.6) is 0 Å². The fraction of sp³-hybridized carbons (Fsp3) is 0. The zero-order valence-corrected chi connectivity index (χ0v) is 9.46. The molecule has 1 aromatic carbocycles. The lowest BCUT2D eigenvalue weighted by molar-refractivity contribution is 0.908. The van der Waals surface area contributed by atoms with E-state index in [1.807, 2.05) is 24.3 Å². The highest BCUT2D eigenvalue weighted by molar-refractivity contribution is 6.33. The summed E-state index contributed by atoms with van der Waals surface area (Å²) in [6, 6.07) is 7.51. The zero-order valence-electron chi connectivity index (χ0n) is 8.71. The standard InChI is InChI=1S/C11H8ClN5/c12-8-4-2-1-3-7(8)9-5-14-11-10(13)15-6-16-17(9)11/h1-6H,(H2,13,15,16). The molecule has 0 aliphatic rings. The third kappa shape index (κ3) is 1.52. The number of hydrogen-bond acceptors (Lipinski definition) is 4. The number of rotatable bonds is 1. The molecule has 0 fully saturated rings. The first kappa shape index (κ1) is 10.0. The molecule has 0 spiro atoms. The van der Waals surface area contributed by atoms with Gasteiger partial charge in [-0.2, -0.15) is 5.10 Å². The Morgan fingerprint density at radius 2 is 2.00 bits per heavy atom. The Morgan fingerprint density at radius 1 is 1.18 bits per heavy atom. The van der Waals surface area contributed by atoms with E-state index in [9.17, 15) is 0 Å².